The van der Waals surface area contributed by atoms with E-state index in [9.17, 15) is 9.59 Å². The number of carbonyl (C=O) groups is 2. The Kier molecular flexibility index (Phi) is 7.44. The molecule has 144 valence electrons. The number of hydrogen-bond donors (Lipinski definition) is 2. The number of urea groups is 1. The number of carbonyl (C=O) groups excluding carboxylic acids is 2. The zero-order valence-electron chi connectivity index (χ0n) is 15.4. The molecular weight excluding hydrogens is 386 g/mol. The number of hydrogen-bond acceptors (Lipinski definition) is 5. The van der Waals surface area contributed by atoms with Crippen LogP contribution in [0, 0.1) is 0 Å². The van der Waals surface area contributed by atoms with Crippen LogP contribution in [0.25, 0.3) is 11.4 Å². The van der Waals surface area contributed by atoms with Crippen molar-refractivity contribution in [1.29, 1.82) is 0 Å². The van der Waals surface area contributed by atoms with Crippen molar-refractivity contribution in [2.75, 3.05) is 0 Å². The maximum Gasteiger partial charge on any atom is 0.321 e. The molecule has 3 amide bonds. The van der Waals surface area contributed by atoms with E-state index in [0.29, 0.717) is 22.5 Å². The highest BCUT2D eigenvalue weighted by molar-refractivity contribution is 8.00. The lowest BCUT2D eigenvalue weighted by Gasteiger charge is -2.13. The Balaban J connectivity index is 2.16. The summed E-state index contributed by atoms with van der Waals surface area (Å²) in [4.78, 5) is 23.9. The molecular formula is C18H22ClN5O2S. The van der Waals surface area contributed by atoms with Crippen LogP contribution in [0.2, 0.25) is 5.02 Å². The van der Waals surface area contributed by atoms with Gasteiger partial charge < -0.3 is 5.32 Å². The van der Waals surface area contributed by atoms with E-state index >= 15 is 0 Å². The first-order chi connectivity index (χ1) is 12.8. The maximum atomic E-state index is 12.2. The van der Waals surface area contributed by atoms with Crippen LogP contribution < -0.4 is 10.6 Å². The summed E-state index contributed by atoms with van der Waals surface area (Å²) in [6.07, 6.45) is 1.73. The molecule has 0 aliphatic carbocycles. The first-order valence-electron chi connectivity index (χ1n) is 8.39. The summed E-state index contributed by atoms with van der Waals surface area (Å²) in [5.41, 5.74) is 0.856. The number of aromatic nitrogens is 3. The average molecular weight is 408 g/mol. The molecule has 1 aromatic carbocycles. The summed E-state index contributed by atoms with van der Waals surface area (Å²) in [7, 11) is 0. The molecule has 0 radical (unpaired) electrons. The molecule has 0 spiro atoms. The predicted molar refractivity (Wildman–Crippen MR) is 108 cm³/mol. The van der Waals surface area contributed by atoms with Crippen molar-refractivity contribution in [3.8, 4) is 11.4 Å². The van der Waals surface area contributed by atoms with Crippen LogP contribution in [-0.2, 0) is 11.3 Å². The zero-order valence-corrected chi connectivity index (χ0v) is 17.0. The SMILES string of the molecule is C=CCn1c(S[C@H](C)C(=O)NC(=O)NC(C)C)nnc1-c1ccc(Cl)cc1. The molecule has 1 heterocycles. The van der Waals surface area contributed by atoms with Crippen LogP contribution in [-0.4, -0.2) is 38.0 Å². The maximum absolute atomic E-state index is 12.2. The Hall–Kier alpha value is -2.32. The van der Waals surface area contributed by atoms with E-state index in [1.807, 2.05) is 30.5 Å². The number of benzene rings is 1. The lowest BCUT2D eigenvalue weighted by atomic mass is 10.2. The Morgan fingerprint density at radius 3 is 2.52 bits per heavy atom. The molecule has 0 aliphatic heterocycles. The van der Waals surface area contributed by atoms with Crippen LogP contribution in [0.3, 0.4) is 0 Å². The molecule has 9 heteroatoms. The molecule has 7 nitrogen and oxygen atoms in total. The molecule has 1 atom stereocenters. The van der Waals surface area contributed by atoms with E-state index in [4.69, 9.17) is 11.6 Å². The summed E-state index contributed by atoms with van der Waals surface area (Å²) in [5.74, 6) is 0.249. The van der Waals surface area contributed by atoms with Gasteiger partial charge >= 0.3 is 6.03 Å². The first-order valence-corrected chi connectivity index (χ1v) is 9.65. The fourth-order valence-corrected chi connectivity index (χ4v) is 3.19. The van der Waals surface area contributed by atoms with Gasteiger partial charge in [-0.1, -0.05) is 29.4 Å². The topological polar surface area (TPSA) is 88.9 Å². The van der Waals surface area contributed by atoms with Gasteiger partial charge in [-0.05, 0) is 45.0 Å². The second-order valence-electron chi connectivity index (χ2n) is 6.09. The number of imide groups is 1. The Bertz CT molecular complexity index is 820. The molecule has 0 aliphatic rings. The summed E-state index contributed by atoms with van der Waals surface area (Å²) in [5, 5.41) is 14.0. The van der Waals surface area contributed by atoms with Gasteiger partial charge in [0.2, 0.25) is 5.91 Å². The molecule has 27 heavy (non-hydrogen) atoms. The molecule has 0 saturated carbocycles. The number of nitrogens with one attached hydrogen (secondary N) is 2. The van der Waals surface area contributed by atoms with Gasteiger partial charge in [-0.3, -0.25) is 14.7 Å². The standard InChI is InChI=1S/C18H22ClN5O2S/c1-5-10-24-15(13-6-8-14(19)9-7-13)22-23-18(24)27-12(4)16(25)21-17(26)20-11(2)3/h5-9,11-12H,1,10H2,2-4H3,(H2,20,21,25,26)/t12-/m1/s1. The van der Waals surface area contributed by atoms with Crippen LogP contribution in [0.4, 0.5) is 4.79 Å². The van der Waals surface area contributed by atoms with Crippen molar-refractivity contribution in [3.63, 3.8) is 0 Å². The largest absolute Gasteiger partial charge is 0.336 e. The second-order valence-corrected chi connectivity index (χ2v) is 7.83. The third kappa shape index (κ3) is 5.83. The minimum Gasteiger partial charge on any atom is -0.336 e. The van der Waals surface area contributed by atoms with Crippen LogP contribution in [0.1, 0.15) is 20.8 Å². The first kappa shape index (κ1) is 21.0. The average Bonchev–Trinajstić information content (AvgIpc) is 2.97. The highest BCUT2D eigenvalue weighted by Gasteiger charge is 2.22. The van der Waals surface area contributed by atoms with E-state index in [0.717, 1.165) is 5.56 Å². The van der Waals surface area contributed by atoms with Crippen LogP contribution >= 0.6 is 23.4 Å². The van der Waals surface area contributed by atoms with Crippen molar-refractivity contribution in [2.45, 2.75) is 43.8 Å². The minimum absolute atomic E-state index is 0.0571. The molecule has 1 aromatic heterocycles. The molecule has 0 saturated heterocycles. The molecule has 0 bridgehead atoms. The monoisotopic (exact) mass is 407 g/mol. The van der Waals surface area contributed by atoms with Gasteiger partial charge in [-0.2, -0.15) is 0 Å². The summed E-state index contributed by atoms with van der Waals surface area (Å²) in [6, 6.07) is 6.69. The molecule has 2 N–H and O–H groups in total. The zero-order chi connectivity index (χ0) is 20.0. The van der Waals surface area contributed by atoms with E-state index in [-0.39, 0.29) is 6.04 Å². The highest BCUT2D eigenvalue weighted by Crippen LogP contribution is 2.27. The quantitative estimate of drug-likeness (QED) is 0.541. The van der Waals surface area contributed by atoms with Gasteiger partial charge in [-0.15, -0.1) is 16.8 Å². The number of amides is 3. The van der Waals surface area contributed by atoms with Gasteiger partial charge in [0.05, 0.1) is 5.25 Å². The number of nitrogens with zero attached hydrogens (tertiary/aromatic N) is 3. The fourth-order valence-electron chi connectivity index (χ4n) is 2.21. The van der Waals surface area contributed by atoms with Crippen molar-refractivity contribution < 1.29 is 9.59 Å². The highest BCUT2D eigenvalue weighted by atomic mass is 35.5. The van der Waals surface area contributed by atoms with Gasteiger partial charge in [-0.25, -0.2) is 4.79 Å². The minimum atomic E-state index is -0.534. The third-order valence-corrected chi connectivity index (χ3v) is 4.77. The lowest BCUT2D eigenvalue weighted by Crippen LogP contribution is -2.45. The smallest absolute Gasteiger partial charge is 0.321 e. The van der Waals surface area contributed by atoms with Crippen molar-refractivity contribution >= 4 is 35.3 Å². The van der Waals surface area contributed by atoms with E-state index in [2.05, 4.69) is 27.4 Å². The number of allylic oxidation sites excluding steroid dienone is 1. The van der Waals surface area contributed by atoms with E-state index < -0.39 is 17.2 Å². The van der Waals surface area contributed by atoms with Gasteiger partial charge in [0.15, 0.2) is 11.0 Å². The fraction of sp³-hybridized carbons (Fsp3) is 0.333. The van der Waals surface area contributed by atoms with Gasteiger partial charge in [0.1, 0.15) is 0 Å². The normalized spacial score (nSPS) is 11.9. The molecule has 2 aromatic rings. The Labute approximate surface area is 167 Å². The molecule has 0 unspecified atom stereocenters. The second kappa shape index (κ2) is 9.57. The van der Waals surface area contributed by atoms with Gasteiger partial charge in [0, 0.05) is 23.2 Å². The van der Waals surface area contributed by atoms with Crippen LogP contribution in [0.15, 0.2) is 42.1 Å². The van der Waals surface area contributed by atoms with Crippen molar-refractivity contribution in [2.24, 2.45) is 0 Å². The lowest BCUT2D eigenvalue weighted by molar-refractivity contribution is -0.119. The number of halogens is 1. The van der Waals surface area contributed by atoms with Crippen LogP contribution in [0.5, 0.6) is 0 Å². The Morgan fingerprint density at radius 2 is 1.93 bits per heavy atom. The van der Waals surface area contributed by atoms with Crippen molar-refractivity contribution in [1.82, 2.24) is 25.4 Å². The molecule has 0 fully saturated rings. The predicted octanol–water partition coefficient (Wildman–Crippen LogP) is 3.50. The summed E-state index contributed by atoms with van der Waals surface area (Å²) < 4.78 is 1.86. The van der Waals surface area contributed by atoms with Crippen molar-refractivity contribution in [3.05, 3.63) is 41.9 Å². The van der Waals surface area contributed by atoms with E-state index in [1.54, 1.807) is 25.1 Å². The number of thioether (sulfide) groups is 1. The van der Waals surface area contributed by atoms with E-state index in [1.165, 1.54) is 11.8 Å². The third-order valence-electron chi connectivity index (χ3n) is 3.44. The number of rotatable bonds is 7. The molecule has 2 rings (SSSR count). The Morgan fingerprint density at radius 1 is 1.26 bits per heavy atom. The summed E-state index contributed by atoms with van der Waals surface area (Å²) in [6.45, 7) is 9.59. The van der Waals surface area contributed by atoms with Gasteiger partial charge in [0.25, 0.3) is 0 Å². The summed E-state index contributed by atoms with van der Waals surface area (Å²) >= 11 is 7.16.